The molecule has 37 heavy (non-hydrogen) atoms. The third kappa shape index (κ3) is 4.66. The SMILES string of the molecule is C[S-](=O)=Nc1cnc(-c2ccc(-c3nc4nc(O[C@@H]5CO[C@H]6[C@@H]5OC[C@H]6O)[nH]c4cc3Cl)cc2)c(F)c1. The number of benzene rings is 1. The maximum atomic E-state index is 14.6. The highest BCUT2D eigenvalue weighted by Gasteiger charge is 2.48. The molecule has 192 valence electrons. The van der Waals surface area contributed by atoms with Gasteiger partial charge < -0.3 is 32.9 Å². The topological polar surface area (TPSA) is 132 Å². The Bertz CT molecular complexity index is 1580. The summed E-state index contributed by atoms with van der Waals surface area (Å²) < 4.78 is 46.7. The minimum absolute atomic E-state index is 0.146. The summed E-state index contributed by atoms with van der Waals surface area (Å²) in [5.41, 5.74) is 3.10. The van der Waals surface area contributed by atoms with Gasteiger partial charge in [0.1, 0.15) is 24.0 Å². The largest absolute Gasteiger partial charge is 0.456 e. The molecule has 6 rings (SSSR count). The number of imidazole rings is 1. The minimum Gasteiger partial charge on any atom is -0.456 e. The molecule has 0 amide bonds. The van der Waals surface area contributed by atoms with Crippen molar-refractivity contribution in [2.75, 3.05) is 19.5 Å². The number of hydrogen-bond donors (Lipinski definition) is 2. The van der Waals surface area contributed by atoms with E-state index in [-0.39, 0.29) is 36.7 Å². The van der Waals surface area contributed by atoms with Crippen LogP contribution in [0.2, 0.25) is 5.02 Å². The number of aliphatic hydroxyl groups is 1. The van der Waals surface area contributed by atoms with Crippen LogP contribution in [0.5, 0.6) is 6.01 Å². The van der Waals surface area contributed by atoms with Crippen LogP contribution < -0.4 is 4.74 Å². The molecule has 5 heterocycles. The number of aromatic nitrogens is 4. The van der Waals surface area contributed by atoms with Crippen LogP contribution in [0.25, 0.3) is 33.7 Å². The van der Waals surface area contributed by atoms with Gasteiger partial charge in [-0.2, -0.15) is 15.6 Å². The summed E-state index contributed by atoms with van der Waals surface area (Å²) >= 11 is 6.52. The van der Waals surface area contributed by atoms with Gasteiger partial charge in [-0.05, 0) is 6.07 Å². The number of pyridine rings is 2. The first-order chi connectivity index (χ1) is 17.9. The lowest BCUT2D eigenvalue weighted by atomic mass is 10.1. The van der Waals surface area contributed by atoms with Gasteiger partial charge in [-0.15, -0.1) is 6.26 Å². The zero-order valence-electron chi connectivity index (χ0n) is 19.3. The van der Waals surface area contributed by atoms with Gasteiger partial charge in [0.2, 0.25) is 0 Å². The van der Waals surface area contributed by atoms with Crippen LogP contribution in [-0.2, 0) is 24.3 Å². The molecule has 0 aliphatic carbocycles. The summed E-state index contributed by atoms with van der Waals surface area (Å²) in [6, 6.07) is 10.1. The van der Waals surface area contributed by atoms with Crippen molar-refractivity contribution in [2.24, 2.45) is 4.36 Å². The molecule has 13 heteroatoms. The molecule has 3 aromatic heterocycles. The van der Waals surface area contributed by atoms with Crippen LogP contribution >= 0.6 is 11.6 Å². The lowest BCUT2D eigenvalue weighted by Gasteiger charge is -2.15. The predicted octanol–water partition coefficient (Wildman–Crippen LogP) is 3.79. The highest BCUT2D eigenvalue weighted by molar-refractivity contribution is 7.74. The number of nitrogens with zero attached hydrogens (tertiary/aromatic N) is 4. The standard InChI is InChI=1S/C24H20ClFN5O5S/c1-37(33)31-13-6-15(26)20(27-8-13)12-4-2-11(3-5-12)19-14(25)7-16-23(29-19)30-24(28-16)36-18-10-35-21-17(32)9-34-22(18)21/h2-8,17-18,21-22,32H,9-10H2,1H3,(H,28,29,30)/q-1/t17-,18-,21-,22-/m1/s1. The van der Waals surface area contributed by atoms with Gasteiger partial charge in [-0.3, -0.25) is 4.98 Å². The second kappa shape index (κ2) is 9.62. The molecule has 0 spiro atoms. The van der Waals surface area contributed by atoms with Crippen LogP contribution in [0.1, 0.15) is 0 Å². The Morgan fingerprint density at radius 1 is 1.14 bits per heavy atom. The van der Waals surface area contributed by atoms with E-state index >= 15 is 0 Å². The van der Waals surface area contributed by atoms with Crippen molar-refractivity contribution in [1.82, 2.24) is 19.9 Å². The number of H-pyrrole nitrogens is 1. The minimum atomic E-state index is -1.45. The zero-order chi connectivity index (χ0) is 25.7. The summed E-state index contributed by atoms with van der Waals surface area (Å²) in [5, 5.41) is 10.3. The predicted molar refractivity (Wildman–Crippen MR) is 133 cm³/mol. The van der Waals surface area contributed by atoms with Crippen molar-refractivity contribution in [3.05, 3.63) is 53.4 Å². The van der Waals surface area contributed by atoms with Crippen molar-refractivity contribution in [3.8, 4) is 28.5 Å². The summed E-state index contributed by atoms with van der Waals surface area (Å²) in [4.78, 5) is 16.2. The van der Waals surface area contributed by atoms with Crippen LogP contribution in [0.4, 0.5) is 10.1 Å². The number of halogens is 2. The lowest BCUT2D eigenvalue weighted by molar-refractivity contribution is 0.00706. The van der Waals surface area contributed by atoms with E-state index in [1.54, 1.807) is 30.3 Å². The van der Waals surface area contributed by atoms with Crippen LogP contribution in [0, 0.1) is 5.82 Å². The van der Waals surface area contributed by atoms with Crippen molar-refractivity contribution in [2.45, 2.75) is 24.4 Å². The second-order valence-corrected chi connectivity index (χ2v) is 10.1. The third-order valence-corrected chi connectivity index (χ3v) is 6.90. The number of fused-ring (bicyclic) bond motifs is 2. The number of aromatic amines is 1. The van der Waals surface area contributed by atoms with Crippen LogP contribution in [-0.4, -0.2) is 68.9 Å². The van der Waals surface area contributed by atoms with E-state index in [2.05, 4.69) is 24.3 Å². The van der Waals surface area contributed by atoms with Gasteiger partial charge in [0.05, 0.1) is 41.3 Å². The van der Waals surface area contributed by atoms with E-state index < -0.39 is 34.7 Å². The Labute approximate surface area is 217 Å². The average molecular weight is 545 g/mol. The van der Waals surface area contributed by atoms with E-state index in [0.29, 0.717) is 33.0 Å². The molecule has 2 aliphatic rings. The molecule has 2 fully saturated rings. The van der Waals surface area contributed by atoms with Gasteiger partial charge >= 0.3 is 0 Å². The van der Waals surface area contributed by atoms with E-state index in [9.17, 15) is 13.7 Å². The molecular weight excluding hydrogens is 525 g/mol. The van der Waals surface area contributed by atoms with E-state index in [0.717, 1.165) is 0 Å². The monoisotopic (exact) mass is 544 g/mol. The maximum Gasteiger partial charge on any atom is 0.296 e. The average Bonchev–Trinajstić information content (AvgIpc) is 3.55. The van der Waals surface area contributed by atoms with Gasteiger partial charge in [-0.25, -0.2) is 9.37 Å². The Hall–Kier alpha value is -3.16. The Kier molecular flexibility index (Phi) is 6.29. The maximum absolute atomic E-state index is 14.6. The molecule has 0 saturated carbocycles. The van der Waals surface area contributed by atoms with Crippen molar-refractivity contribution in [1.29, 1.82) is 0 Å². The first kappa shape index (κ1) is 24.2. The molecule has 4 atom stereocenters. The van der Waals surface area contributed by atoms with E-state index in [4.69, 9.17) is 25.8 Å². The number of ether oxygens (including phenoxy) is 3. The number of nitrogens with one attached hydrogen (secondary N) is 1. The number of hydrogen-bond acceptors (Lipinski definition) is 10. The molecule has 0 unspecified atom stereocenters. The normalized spacial score (nSPS) is 24.0. The molecule has 10 nitrogen and oxygen atoms in total. The van der Waals surface area contributed by atoms with Gasteiger partial charge in [0.15, 0.2) is 17.6 Å². The molecule has 2 saturated heterocycles. The highest BCUT2D eigenvalue weighted by atomic mass is 35.5. The van der Waals surface area contributed by atoms with Gasteiger partial charge in [0.25, 0.3) is 6.01 Å². The molecule has 0 radical (unpaired) electrons. The first-order valence-electron chi connectivity index (χ1n) is 11.3. The quantitative estimate of drug-likeness (QED) is 0.363. The smallest absolute Gasteiger partial charge is 0.296 e. The summed E-state index contributed by atoms with van der Waals surface area (Å²) in [6.45, 7) is 0.486. The third-order valence-electron chi connectivity index (χ3n) is 6.14. The zero-order valence-corrected chi connectivity index (χ0v) is 20.9. The van der Waals surface area contributed by atoms with E-state index in [1.807, 2.05) is 0 Å². The highest BCUT2D eigenvalue weighted by Crippen LogP contribution is 2.33. The molecule has 0 bridgehead atoms. The van der Waals surface area contributed by atoms with Crippen LogP contribution in [0.3, 0.4) is 0 Å². The summed E-state index contributed by atoms with van der Waals surface area (Å²) in [6.07, 6.45) is 0.915. The molecule has 2 N–H and O–H groups in total. The van der Waals surface area contributed by atoms with Crippen molar-refractivity contribution in [3.63, 3.8) is 0 Å². The fraction of sp³-hybridized carbons (Fsp3) is 0.292. The Morgan fingerprint density at radius 3 is 2.59 bits per heavy atom. The van der Waals surface area contributed by atoms with Crippen molar-refractivity contribution >= 4 is 39.0 Å². The molecule has 2 aliphatic heterocycles. The molecular formula is C24H20ClFN5O5S-. The van der Waals surface area contributed by atoms with Crippen LogP contribution in [0.15, 0.2) is 47.0 Å². The molecule has 4 aromatic rings. The molecule has 1 aromatic carbocycles. The second-order valence-electron chi connectivity index (χ2n) is 8.67. The summed E-state index contributed by atoms with van der Waals surface area (Å²) in [7, 11) is -1.45. The fourth-order valence-corrected chi connectivity index (χ4v) is 5.12. The van der Waals surface area contributed by atoms with Gasteiger partial charge in [0, 0.05) is 17.2 Å². The number of rotatable bonds is 5. The fourth-order valence-electron chi connectivity index (χ4n) is 4.47. The van der Waals surface area contributed by atoms with Crippen molar-refractivity contribution < 1.29 is 27.9 Å². The number of aliphatic hydroxyl groups excluding tert-OH is 1. The lowest BCUT2D eigenvalue weighted by Crippen LogP contribution is -2.34. The first-order valence-corrected chi connectivity index (χ1v) is 13.2. The Morgan fingerprint density at radius 2 is 1.86 bits per heavy atom. The van der Waals surface area contributed by atoms with E-state index in [1.165, 1.54) is 18.5 Å². The van der Waals surface area contributed by atoms with Gasteiger partial charge in [-0.1, -0.05) is 35.9 Å². The Balaban J connectivity index is 1.24. The summed E-state index contributed by atoms with van der Waals surface area (Å²) in [5.74, 6) is -0.572.